The minimum atomic E-state index is -3.88. The third kappa shape index (κ3) is 5.01. The summed E-state index contributed by atoms with van der Waals surface area (Å²) in [4.78, 5) is 9.07. The Hall–Kier alpha value is -3.62. The minimum Gasteiger partial charge on any atom is -0.497 e. The third-order valence-corrected chi connectivity index (χ3v) is 8.08. The quantitative estimate of drug-likeness (QED) is 0.358. The first-order chi connectivity index (χ1) is 17.4. The van der Waals surface area contributed by atoms with Gasteiger partial charge in [-0.3, -0.25) is 4.90 Å². The molecule has 0 spiro atoms. The van der Waals surface area contributed by atoms with Crippen molar-refractivity contribution in [3.8, 4) is 17.2 Å². The number of sulfone groups is 1. The van der Waals surface area contributed by atoms with Crippen LogP contribution >= 0.6 is 0 Å². The van der Waals surface area contributed by atoms with Gasteiger partial charge >= 0.3 is 0 Å². The van der Waals surface area contributed by atoms with Gasteiger partial charge in [0, 0.05) is 38.3 Å². The normalized spacial score (nSPS) is 14.7. The number of piperazine rings is 1. The van der Waals surface area contributed by atoms with Crippen molar-refractivity contribution in [1.82, 2.24) is 9.88 Å². The van der Waals surface area contributed by atoms with Gasteiger partial charge in [0.25, 0.3) is 0 Å². The van der Waals surface area contributed by atoms with Crippen LogP contribution in [0.2, 0.25) is 0 Å². The van der Waals surface area contributed by atoms with Crippen LogP contribution in [0, 0.1) is 6.92 Å². The molecule has 1 aromatic heterocycles. The first kappa shape index (κ1) is 24.1. The molecule has 0 bridgehead atoms. The Kier molecular flexibility index (Phi) is 6.80. The molecule has 1 aliphatic rings. The van der Waals surface area contributed by atoms with Crippen molar-refractivity contribution in [2.45, 2.75) is 23.4 Å². The number of anilines is 1. The lowest BCUT2D eigenvalue weighted by molar-refractivity contribution is 0.245. The van der Waals surface area contributed by atoms with Gasteiger partial charge in [0.1, 0.15) is 5.75 Å². The summed E-state index contributed by atoms with van der Waals surface area (Å²) in [5.41, 5.74) is 2.93. The minimum absolute atomic E-state index is 0.0475. The van der Waals surface area contributed by atoms with Crippen LogP contribution in [0.4, 0.5) is 5.88 Å². The molecule has 8 heteroatoms. The molecule has 0 N–H and O–H groups in total. The Morgan fingerprint density at radius 1 is 0.889 bits per heavy atom. The molecule has 0 radical (unpaired) electrons. The van der Waals surface area contributed by atoms with Crippen molar-refractivity contribution in [1.29, 1.82) is 0 Å². The molecule has 0 saturated carbocycles. The number of ether oxygens (including phenoxy) is 1. The van der Waals surface area contributed by atoms with Gasteiger partial charge in [0.05, 0.1) is 12.0 Å². The first-order valence-electron chi connectivity index (χ1n) is 11.9. The first-order valence-corrected chi connectivity index (χ1v) is 13.4. The molecule has 1 saturated heterocycles. The largest absolute Gasteiger partial charge is 0.497 e. The highest BCUT2D eigenvalue weighted by molar-refractivity contribution is 7.91. The summed E-state index contributed by atoms with van der Waals surface area (Å²) < 4.78 is 38.8. The van der Waals surface area contributed by atoms with Gasteiger partial charge in [-0.15, -0.1) is 0 Å². The van der Waals surface area contributed by atoms with Crippen molar-refractivity contribution in [2.24, 2.45) is 0 Å². The van der Waals surface area contributed by atoms with Gasteiger partial charge in [0.15, 0.2) is 0 Å². The van der Waals surface area contributed by atoms with Crippen LogP contribution in [0.3, 0.4) is 0 Å². The number of hydrogen-bond acceptors (Lipinski definition) is 7. The molecular weight excluding hydrogens is 474 g/mol. The summed E-state index contributed by atoms with van der Waals surface area (Å²) in [5, 5.41) is -0.0475. The highest BCUT2D eigenvalue weighted by atomic mass is 32.2. The second-order valence-electron chi connectivity index (χ2n) is 8.92. The molecule has 1 aliphatic heterocycles. The van der Waals surface area contributed by atoms with Crippen molar-refractivity contribution in [3.05, 3.63) is 90.0 Å². The number of hydrogen-bond donors (Lipinski definition) is 0. The molecule has 0 unspecified atom stereocenters. The van der Waals surface area contributed by atoms with E-state index >= 15 is 0 Å². The predicted molar refractivity (Wildman–Crippen MR) is 139 cm³/mol. The highest BCUT2D eigenvalue weighted by Crippen LogP contribution is 2.35. The summed E-state index contributed by atoms with van der Waals surface area (Å²) in [7, 11) is -2.28. The van der Waals surface area contributed by atoms with Gasteiger partial charge in [-0.05, 0) is 48.9 Å². The SMILES string of the molecule is COc1ccc(-c2nc(S(=O)(=O)c3ccc(C)cc3)c(N3CCN(Cc4ccccc4)CC3)o2)cc1. The van der Waals surface area contributed by atoms with E-state index in [9.17, 15) is 8.42 Å². The van der Waals surface area contributed by atoms with E-state index in [-0.39, 0.29) is 15.8 Å². The molecule has 0 amide bonds. The topological polar surface area (TPSA) is 75.9 Å². The number of aromatic nitrogens is 1. The maximum absolute atomic E-state index is 13.7. The number of nitrogens with zero attached hydrogens (tertiary/aromatic N) is 3. The van der Waals surface area contributed by atoms with Gasteiger partial charge in [-0.25, -0.2) is 8.42 Å². The summed E-state index contributed by atoms with van der Waals surface area (Å²) in [6.07, 6.45) is 0. The van der Waals surface area contributed by atoms with Crippen molar-refractivity contribution < 1.29 is 17.6 Å². The smallest absolute Gasteiger partial charge is 0.236 e. The van der Waals surface area contributed by atoms with Crippen LogP contribution in [0.15, 0.2) is 93.2 Å². The summed E-state index contributed by atoms with van der Waals surface area (Å²) in [6, 6.07) is 24.4. The zero-order chi connectivity index (χ0) is 25.1. The number of methoxy groups -OCH3 is 1. The Labute approximate surface area is 211 Å². The lowest BCUT2D eigenvalue weighted by atomic mass is 10.2. The van der Waals surface area contributed by atoms with E-state index in [0.717, 1.165) is 25.2 Å². The number of rotatable bonds is 7. The Balaban J connectivity index is 1.46. The van der Waals surface area contributed by atoms with Crippen LogP contribution in [0.1, 0.15) is 11.1 Å². The fourth-order valence-electron chi connectivity index (χ4n) is 4.31. The van der Waals surface area contributed by atoms with Gasteiger partial charge in [-0.2, -0.15) is 4.98 Å². The average molecular weight is 504 g/mol. The van der Waals surface area contributed by atoms with E-state index in [4.69, 9.17) is 9.15 Å². The molecule has 0 aliphatic carbocycles. The molecule has 0 atom stereocenters. The van der Waals surface area contributed by atoms with E-state index in [2.05, 4.69) is 22.0 Å². The van der Waals surface area contributed by atoms with Gasteiger partial charge in [0.2, 0.25) is 26.6 Å². The summed E-state index contributed by atoms with van der Waals surface area (Å²) in [6.45, 7) is 5.64. The summed E-state index contributed by atoms with van der Waals surface area (Å²) in [5.74, 6) is 1.26. The fourth-order valence-corrected chi connectivity index (χ4v) is 5.63. The Morgan fingerprint density at radius 2 is 1.56 bits per heavy atom. The van der Waals surface area contributed by atoms with Crippen LogP contribution in [-0.2, 0) is 16.4 Å². The Morgan fingerprint density at radius 3 is 2.19 bits per heavy atom. The van der Waals surface area contributed by atoms with Gasteiger partial charge < -0.3 is 14.1 Å². The Bertz CT molecular complexity index is 1410. The second kappa shape index (κ2) is 10.2. The maximum atomic E-state index is 13.7. The number of aryl methyl sites for hydroxylation is 1. The zero-order valence-electron chi connectivity index (χ0n) is 20.4. The van der Waals surface area contributed by atoms with Crippen molar-refractivity contribution in [3.63, 3.8) is 0 Å². The molecule has 36 heavy (non-hydrogen) atoms. The van der Waals surface area contributed by atoms with E-state index < -0.39 is 9.84 Å². The second-order valence-corrected chi connectivity index (χ2v) is 10.8. The lowest BCUT2D eigenvalue weighted by Gasteiger charge is -2.34. The third-order valence-electron chi connectivity index (χ3n) is 6.41. The summed E-state index contributed by atoms with van der Waals surface area (Å²) >= 11 is 0. The van der Waals surface area contributed by atoms with Crippen molar-refractivity contribution >= 4 is 15.7 Å². The number of benzene rings is 3. The molecule has 1 fully saturated rings. The highest BCUT2D eigenvalue weighted by Gasteiger charge is 2.32. The average Bonchev–Trinajstić information content (AvgIpc) is 3.37. The van der Waals surface area contributed by atoms with Crippen LogP contribution in [0.5, 0.6) is 5.75 Å². The molecular formula is C28H29N3O4S. The zero-order valence-corrected chi connectivity index (χ0v) is 21.2. The molecule has 4 aromatic rings. The van der Waals surface area contributed by atoms with Crippen LogP contribution < -0.4 is 9.64 Å². The van der Waals surface area contributed by atoms with E-state index in [0.29, 0.717) is 30.3 Å². The standard InChI is InChI=1S/C28H29N3O4S/c1-21-8-14-25(15-9-21)36(32,33)27-28(35-26(29-27)23-10-12-24(34-2)13-11-23)31-18-16-30(17-19-31)20-22-6-4-3-5-7-22/h3-15H,16-20H2,1-2H3. The molecule has 7 nitrogen and oxygen atoms in total. The monoisotopic (exact) mass is 503 g/mol. The fraction of sp³-hybridized carbons (Fsp3) is 0.250. The molecule has 186 valence electrons. The van der Waals surface area contributed by atoms with Crippen LogP contribution in [0.25, 0.3) is 11.5 Å². The van der Waals surface area contributed by atoms with E-state index in [1.54, 1.807) is 43.5 Å². The molecule has 3 aromatic carbocycles. The number of oxazole rings is 1. The van der Waals surface area contributed by atoms with E-state index in [1.807, 2.05) is 42.2 Å². The molecule has 2 heterocycles. The maximum Gasteiger partial charge on any atom is 0.236 e. The lowest BCUT2D eigenvalue weighted by Crippen LogP contribution is -2.46. The van der Waals surface area contributed by atoms with Crippen molar-refractivity contribution in [2.75, 3.05) is 38.2 Å². The van der Waals surface area contributed by atoms with Gasteiger partial charge in [-0.1, -0.05) is 48.0 Å². The van der Waals surface area contributed by atoms with Crippen LogP contribution in [-0.4, -0.2) is 51.6 Å². The molecule has 5 rings (SSSR count). The predicted octanol–water partition coefficient (Wildman–Crippen LogP) is 4.81. The van der Waals surface area contributed by atoms with E-state index in [1.165, 1.54) is 5.56 Å².